The van der Waals surface area contributed by atoms with Gasteiger partial charge in [-0.1, -0.05) is 26.3 Å². The molecule has 1 rings (SSSR count). The summed E-state index contributed by atoms with van der Waals surface area (Å²) in [5.41, 5.74) is 0.543. The van der Waals surface area contributed by atoms with Gasteiger partial charge in [0.2, 0.25) is 0 Å². The van der Waals surface area contributed by atoms with E-state index in [1.807, 2.05) is 0 Å². The van der Waals surface area contributed by atoms with Crippen LogP contribution in [0.5, 0.6) is 0 Å². The molecule has 1 saturated carbocycles. The van der Waals surface area contributed by atoms with E-state index in [9.17, 15) is 0 Å². The van der Waals surface area contributed by atoms with Crippen LogP contribution in [0.1, 0.15) is 33.1 Å². The molecule has 0 heterocycles. The quantitative estimate of drug-likeness (QED) is 0.471. The van der Waals surface area contributed by atoms with E-state index in [0.717, 1.165) is 5.92 Å². The van der Waals surface area contributed by atoms with E-state index in [2.05, 4.69) is 26.5 Å². The smallest absolute Gasteiger partial charge is 0.0185 e. The molecular formula is C9H16. The molecular weight excluding hydrogens is 108 g/mol. The Kier molecular flexibility index (Phi) is 1.65. The van der Waals surface area contributed by atoms with Crippen LogP contribution in [0.4, 0.5) is 0 Å². The van der Waals surface area contributed by atoms with E-state index in [0.29, 0.717) is 5.41 Å². The molecule has 1 atom stereocenters. The first kappa shape index (κ1) is 6.85. The lowest BCUT2D eigenvalue weighted by Crippen LogP contribution is -2.14. The molecule has 1 aliphatic rings. The first-order valence-electron chi connectivity index (χ1n) is 3.79. The predicted molar refractivity (Wildman–Crippen MR) is 41.3 cm³/mol. The van der Waals surface area contributed by atoms with E-state index < -0.39 is 0 Å². The highest BCUT2D eigenvalue weighted by molar-refractivity contribution is 4.94. The Hall–Kier alpha value is -0.260. The average Bonchev–Trinajstić information content (AvgIpc) is 2.08. The Balaban J connectivity index is 2.62. The lowest BCUT2D eigenvalue weighted by atomic mass is 9.82. The van der Waals surface area contributed by atoms with Crippen molar-refractivity contribution in [3.05, 3.63) is 12.7 Å². The molecule has 0 spiro atoms. The third-order valence-corrected chi connectivity index (χ3v) is 2.62. The van der Waals surface area contributed by atoms with Crippen molar-refractivity contribution in [3.8, 4) is 0 Å². The van der Waals surface area contributed by atoms with Crippen molar-refractivity contribution in [1.82, 2.24) is 0 Å². The molecule has 0 amide bonds. The second kappa shape index (κ2) is 2.17. The van der Waals surface area contributed by atoms with Gasteiger partial charge in [-0.3, -0.25) is 0 Å². The minimum Gasteiger partial charge on any atom is -0.103 e. The molecule has 1 aliphatic carbocycles. The van der Waals surface area contributed by atoms with E-state index in [-0.39, 0.29) is 0 Å². The SMILES string of the molecule is C=CC1CCCC1(C)C. The zero-order chi connectivity index (χ0) is 6.91. The molecule has 0 saturated heterocycles. The van der Waals surface area contributed by atoms with Gasteiger partial charge in [0.25, 0.3) is 0 Å². The Bertz CT molecular complexity index is 111. The molecule has 0 N–H and O–H groups in total. The molecule has 1 unspecified atom stereocenters. The second-order valence-corrected chi connectivity index (χ2v) is 3.72. The van der Waals surface area contributed by atoms with Gasteiger partial charge in [-0.25, -0.2) is 0 Å². The van der Waals surface area contributed by atoms with Crippen LogP contribution >= 0.6 is 0 Å². The lowest BCUT2D eigenvalue weighted by molar-refractivity contribution is 0.310. The minimum atomic E-state index is 0.543. The Labute approximate surface area is 58.0 Å². The fourth-order valence-electron chi connectivity index (χ4n) is 1.79. The first-order valence-corrected chi connectivity index (χ1v) is 3.79. The van der Waals surface area contributed by atoms with Crippen LogP contribution in [-0.2, 0) is 0 Å². The van der Waals surface area contributed by atoms with Gasteiger partial charge in [-0.05, 0) is 24.2 Å². The molecule has 0 nitrogen and oxygen atoms in total. The maximum absolute atomic E-state index is 3.84. The summed E-state index contributed by atoms with van der Waals surface area (Å²) < 4.78 is 0. The van der Waals surface area contributed by atoms with Gasteiger partial charge in [0.15, 0.2) is 0 Å². The van der Waals surface area contributed by atoms with E-state index >= 15 is 0 Å². The molecule has 0 aromatic carbocycles. The van der Waals surface area contributed by atoms with Crippen LogP contribution in [0.15, 0.2) is 12.7 Å². The second-order valence-electron chi connectivity index (χ2n) is 3.72. The van der Waals surface area contributed by atoms with Gasteiger partial charge in [-0.15, -0.1) is 6.58 Å². The lowest BCUT2D eigenvalue weighted by Gasteiger charge is -2.23. The Morgan fingerprint density at radius 2 is 2.22 bits per heavy atom. The molecule has 52 valence electrons. The number of allylic oxidation sites excluding steroid dienone is 1. The van der Waals surface area contributed by atoms with Gasteiger partial charge in [0.1, 0.15) is 0 Å². The molecule has 1 fully saturated rings. The zero-order valence-corrected chi connectivity index (χ0v) is 6.48. The van der Waals surface area contributed by atoms with Crippen LogP contribution in [0.3, 0.4) is 0 Å². The largest absolute Gasteiger partial charge is 0.103 e. The molecule has 9 heavy (non-hydrogen) atoms. The van der Waals surface area contributed by atoms with Crippen LogP contribution in [0, 0.1) is 11.3 Å². The summed E-state index contributed by atoms with van der Waals surface area (Å²) in [6, 6.07) is 0. The number of hydrogen-bond donors (Lipinski definition) is 0. The summed E-state index contributed by atoms with van der Waals surface area (Å²) in [4.78, 5) is 0. The van der Waals surface area contributed by atoms with Gasteiger partial charge in [0, 0.05) is 0 Å². The summed E-state index contributed by atoms with van der Waals surface area (Å²) in [6.45, 7) is 8.52. The van der Waals surface area contributed by atoms with Crippen LogP contribution < -0.4 is 0 Å². The van der Waals surface area contributed by atoms with Crippen molar-refractivity contribution in [2.45, 2.75) is 33.1 Å². The van der Waals surface area contributed by atoms with E-state index in [1.54, 1.807) is 0 Å². The monoisotopic (exact) mass is 124 g/mol. The van der Waals surface area contributed by atoms with Crippen molar-refractivity contribution >= 4 is 0 Å². The average molecular weight is 124 g/mol. The summed E-state index contributed by atoms with van der Waals surface area (Å²) in [5.74, 6) is 0.775. The van der Waals surface area contributed by atoms with Crippen LogP contribution in [0.25, 0.3) is 0 Å². The summed E-state index contributed by atoms with van der Waals surface area (Å²) >= 11 is 0. The third kappa shape index (κ3) is 1.17. The maximum atomic E-state index is 3.84. The highest BCUT2D eigenvalue weighted by Crippen LogP contribution is 2.42. The zero-order valence-electron chi connectivity index (χ0n) is 6.48. The Morgan fingerprint density at radius 3 is 2.44 bits per heavy atom. The normalized spacial score (nSPS) is 32.4. The fraction of sp³-hybridized carbons (Fsp3) is 0.778. The molecule has 0 bridgehead atoms. The van der Waals surface area contributed by atoms with Gasteiger partial charge in [-0.2, -0.15) is 0 Å². The van der Waals surface area contributed by atoms with Crippen molar-refractivity contribution < 1.29 is 0 Å². The number of rotatable bonds is 1. The maximum Gasteiger partial charge on any atom is -0.0185 e. The van der Waals surface area contributed by atoms with Crippen LogP contribution in [-0.4, -0.2) is 0 Å². The van der Waals surface area contributed by atoms with Gasteiger partial charge in [0.05, 0.1) is 0 Å². The van der Waals surface area contributed by atoms with Crippen molar-refractivity contribution in [1.29, 1.82) is 0 Å². The van der Waals surface area contributed by atoms with E-state index in [4.69, 9.17) is 0 Å². The molecule has 0 aliphatic heterocycles. The Morgan fingerprint density at radius 1 is 1.56 bits per heavy atom. The topological polar surface area (TPSA) is 0 Å². The van der Waals surface area contributed by atoms with Crippen molar-refractivity contribution in [2.75, 3.05) is 0 Å². The van der Waals surface area contributed by atoms with E-state index in [1.165, 1.54) is 19.3 Å². The molecule has 0 aromatic heterocycles. The highest BCUT2D eigenvalue weighted by atomic mass is 14.4. The first-order chi connectivity index (χ1) is 4.17. The molecule has 0 aromatic rings. The van der Waals surface area contributed by atoms with Crippen molar-refractivity contribution in [2.24, 2.45) is 11.3 Å². The van der Waals surface area contributed by atoms with Crippen LogP contribution in [0.2, 0.25) is 0 Å². The van der Waals surface area contributed by atoms with Gasteiger partial charge >= 0.3 is 0 Å². The molecule has 0 heteroatoms. The summed E-state index contributed by atoms with van der Waals surface area (Å²) in [5, 5.41) is 0. The predicted octanol–water partition coefficient (Wildman–Crippen LogP) is 3.00. The van der Waals surface area contributed by atoms with Gasteiger partial charge < -0.3 is 0 Å². The minimum absolute atomic E-state index is 0.543. The molecule has 0 radical (unpaired) electrons. The summed E-state index contributed by atoms with van der Waals surface area (Å²) in [7, 11) is 0. The highest BCUT2D eigenvalue weighted by Gasteiger charge is 2.31. The third-order valence-electron chi connectivity index (χ3n) is 2.62. The number of hydrogen-bond acceptors (Lipinski definition) is 0. The van der Waals surface area contributed by atoms with Crippen molar-refractivity contribution in [3.63, 3.8) is 0 Å². The summed E-state index contributed by atoms with van der Waals surface area (Å²) in [6.07, 6.45) is 6.25. The fourth-order valence-corrected chi connectivity index (χ4v) is 1.79. The standard InChI is InChI=1S/C9H16/c1-4-8-6-5-7-9(8,2)3/h4,8H,1,5-7H2,2-3H3.